The van der Waals surface area contributed by atoms with Crippen molar-refractivity contribution in [3.8, 4) is 5.75 Å². The van der Waals surface area contributed by atoms with Crippen LogP contribution in [0.2, 0.25) is 0 Å². The average molecular weight is 262 g/mol. The summed E-state index contributed by atoms with van der Waals surface area (Å²) in [4.78, 5) is 14.1. The predicted molar refractivity (Wildman–Crippen MR) is 75.1 cm³/mol. The highest BCUT2D eigenvalue weighted by Gasteiger charge is 2.24. The van der Waals surface area contributed by atoms with E-state index in [2.05, 4.69) is 0 Å². The average Bonchev–Trinajstić information content (AvgIpc) is 2.78. The van der Waals surface area contributed by atoms with Gasteiger partial charge in [0.25, 0.3) is 0 Å². The Labute approximate surface area is 114 Å². The second kappa shape index (κ2) is 6.06. The summed E-state index contributed by atoms with van der Waals surface area (Å²) in [7, 11) is 0. The van der Waals surface area contributed by atoms with E-state index in [9.17, 15) is 4.79 Å². The van der Waals surface area contributed by atoms with E-state index in [-0.39, 0.29) is 18.1 Å². The van der Waals surface area contributed by atoms with Crippen LogP contribution in [-0.4, -0.2) is 36.0 Å². The summed E-state index contributed by atoms with van der Waals surface area (Å²) in [5.41, 5.74) is 6.78. The molecule has 1 heterocycles. The molecule has 0 radical (unpaired) electrons. The number of carbonyl (C=O) groups excluding carboxylic acids is 1. The van der Waals surface area contributed by atoms with E-state index in [1.165, 1.54) is 0 Å². The summed E-state index contributed by atoms with van der Waals surface area (Å²) >= 11 is 0. The van der Waals surface area contributed by atoms with Crippen molar-refractivity contribution >= 4 is 5.91 Å². The van der Waals surface area contributed by atoms with E-state index in [1.54, 1.807) is 0 Å². The summed E-state index contributed by atoms with van der Waals surface area (Å²) < 4.78 is 5.73. The maximum atomic E-state index is 12.2. The van der Waals surface area contributed by atoms with Crippen LogP contribution in [-0.2, 0) is 11.2 Å². The van der Waals surface area contributed by atoms with Gasteiger partial charge >= 0.3 is 0 Å². The summed E-state index contributed by atoms with van der Waals surface area (Å²) in [5.74, 6) is 0.933. The Morgan fingerprint density at radius 1 is 1.47 bits per heavy atom. The minimum Gasteiger partial charge on any atom is -0.491 e. The lowest BCUT2D eigenvalue weighted by atomic mass is 10.1. The molecule has 1 aliphatic rings. The first kappa shape index (κ1) is 13.9. The topological polar surface area (TPSA) is 55.6 Å². The van der Waals surface area contributed by atoms with Crippen LogP contribution in [0.5, 0.6) is 5.75 Å². The molecule has 0 saturated carbocycles. The molecule has 1 aliphatic heterocycles. The molecule has 1 saturated heterocycles. The Bertz CT molecular complexity index is 446. The fourth-order valence-electron chi connectivity index (χ4n) is 2.31. The van der Waals surface area contributed by atoms with E-state index >= 15 is 0 Å². The SMILES string of the molecule is CC(C)Oc1ccccc1CC(=O)N1CC[C@@H](N)C1. The largest absolute Gasteiger partial charge is 0.491 e. The number of hydrogen-bond donors (Lipinski definition) is 1. The predicted octanol–water partition coefficient (Wildman–Crippen LogP) is 1.58. The third kappa shape index (κ3) is 3.70. The highest BCUT2D eigenvalue weighted by Crippen LogP contribution is 2.21. The highest BCUT2D eigenvalue weighted by molar-refractivity contribution is 5.79. The third-order valence-electron chi connectivity index (χ3n) is 3.25. The molecule has 19 heavy (non-hydrogen) atoms. The summed E-state index contributed by atoms with van der Waals surface area (Å²) in [5, 5.41) is 0. The van der Waals surface area contributed by atoms with Crippen LogP contribution < -0.4 is 10.5 Å². The number of likely N-dealkylation sites (tertiary alicyclic amines) is 1. The maximum absolute atomic E-state index is 12.2. The summed E-state index contributed by atoms with van der Waals surface area (Å²) in [6.07, 6.45) is 1.39. The van der Waals surface area contributed by atoms with Crippen LogP contribution in [0.4, 0.5) is 0 Å². The van der Waals surface area contributed by atoms with Crippen LogP contribution in [0, 0.1) is 0 Å². The zero-order valence-corrected chi connectivity index (χ0v) is 11.6. The van der Waals surface area contributed by atoms with Crippen molar-refractivity contribution in [2.45, 2.75) is 38.8 Å². The van der Waals surface area contributed by atoms with Gasteiger partial charge in [0.05, 0.1) is 12.5 Å². The smallest absolute Gasteiger partial charge is 0.227 e. The van der Waals surface area contributed by atoms with Crippen molar-refractivity contribution in [3.63, 3.8) is 0 Å². The van der Waals surface area contributed by atoms with E-state index in [0.29, 0.717) is 13.0 Å². The second-order valence-electron chi connectivity index (χ2n) is 5.34. The van der Waals surface area contributed by atoms with E-state index in [4.69, 9.17) is 10.5 Å². The standard InChI is InChI=1S/C15H22N2O2/c1-11(2)19-14-6-4-3-5-12(14)9-15(18)17-8-7-13(16)10-17/h3-6,11,13H,7-10,16H2,1-2H3/t13-/m1/s1. The first-order chi connectivity index (χ1) is 9.06. The lowest BCUT2D eigenvalue weighted by Crippen LogP contribution is -2.33. The van der Waals surface area contributed by atoms with Crippen molar-refractivity contribution < 1.29 is 9.53 Å². The molecule has 2 rings (SSSR count). The van der Waals surface area contributed by atoms with Gasteiger partial charge in [-0.2, -0.15) is 0 Å². The molecule has 0 spiro atoms. The molecule has 1 amide bonds. The minimum atomic E-state index is 0.108. The van der Waals surface area contributed by atoms with Crippen LogP contribution in [0.25, 0.3) is 0 Å². The number of hydrogen-bond acceptors (Lipinski definition) is 3. The van der Waals surface area contributed by atoms with Gasteiger partial charge in [0.1, 0.15) is 5.75 Å². The molecule has 1 aromatic carbocycles. The Balaban J connectivity index is 2.04. The molecule has 1 fully saturated rings. The van der Waals surface area contributed by atoms with E-state index in [0.717, 1.165) is 24.3 Å². The Morgan fingerprint density at radius 2 is 2.21 bits per heavy atom. The molecule has 1 aromatic rings. The number of nitrogens with two attached hydrogens (primary N) is 1. The quantitative estimate of drug-likeness (QED) is 0.896. The second-order valence-corrected chi connectivity index (χ2v) is 5.34. The monoisotopic (exact) mass is 262 g/mol. The lowest BCUT2D eigenvalue weighted by molar-refractivity contribution is -0.129. The van der Waals surface area contributed by atoms with Crippen molar-refractivity contribution in [1.82, 2.24) is 4.90 Å². The number of carbonyl (C=O) groups is 1. The van der Waals surface area contributed by atoms with Gasteiger partial charge in [-0.25, -0.2) is 0 Å². The van der Waals surface area contributed by atoms with Gasteiger partial charge in [0, 0.05) is 24.7 Å². The van der Waals surface area contributed by atoms with Gasteiger partial charge in [0.15, 0.2) is 0 Å². The number of amides is 1. The van der Waals surface area contributed by atoms with Crippen LogP contribution in [0.15, 0.2) is 24.3 Å². The maximum Gasteiger partial charge on any atom is 0.227 e. The molecule has 0 aliphatic carbocycles. The summed E-state index contributed by atoms with van der Waals surface area (Å²) in [6, 6.07) is 7.86. The molecule has 1 atom stereocenters. The van der Waals surface area contributed by atoms with Crippen molar-refractivity contribution in [2.75, 3.05) is 13.1 Å². The van der Waals surface area contributed by atoms with Gasteiger partial charge in [-0.15, -0.1) is 0 Å². The van der Waals surface area contributed by atoms with Gasteiger partial charge in [-0.05, 0) is 26.3 Å². The van der Waals surface area contributed by atoms with Gasteiger partial charge < -0.3 is 15.4 Å². The molecule has 0 aromatic heterocycles. The Kier molecular flexibility index (Phi) is 4.43. The number of para-hydroxylation sites is 1. The number of nitrogens with zero attached hydrogens (tertiary/aromatic N) is 1. The van der Waals surface area contributed by atoms with Gasteiger partial charge in [-0.3, -0.25) is 4.79 Å². The molecule has 4 heteroatoms. The number of rotatable bonds is 4. The van der Waals surface area contributed by atoms with Crippen LogP contribution in [0.1, 0.15) is 25.8 Å². The van der Waals surface area contributed by atoms with Gasteiger partial charge in [-0.1, -0.05) is 18.2 Å². The summed E-state index contributed by atoms with van der Waals surface area (Å²) in [6.45, 7) is 5.41. The minimum absolute atomic E-state index is 0.108. The molecule has 0 unspecified atom stereocenters. The number of ether oxygens (including phenoxy) is 1. The molecular formula is C15H22N2O2. The van der Waals surface area contributed by atoms with Crippen LogP contribution in [0.3, 0.4) is 0 Å². The number of benzene rings is 1. The fourth-order valence-corrected chi connectivity index (χ4v) is 2.31. The zero-order valence-electron chi connectivity index (χ0n) is 11.6. The van der Waals surface area contributed by atoms with Crippen LogP contribution >= 0.6 is 0 Å². The molecule has 104 valence electrons. The Morgan fingerprint density at radius 3 is 2.84 bits per heavy atom. The first-order valence-corrected chi connectivity index (χ1v) is 6.84. The third-order valence-corrected chi connectivity index (χ3v) is 3.25. The highest BCUT2D eigenvalue weighted by atomic mass is 16.5. The molecule has 4 nitrogen and oxygen atoms in total. The molecular weight excluding hydrogens is 240 g/mol. The molecule has 2 N–H and O–H groups in total. The normalized spacial score (nSPS) is 18.9. The van der Waals surface area contributed by atoms with Gasteiger partial charge in [0.2, 0.25) is 5.91 Å². The Hall–Kier alpha value is -1.55. The van der Waals surface area contributed by atoms with E-state index in [1.807, 2.05) is 43.0 Å². The zero-order chi connectivity index (χ0) is 13.8. The fraction of sp³-hybridized carbons (Fsp3) is 0.533. The molecule has 0 bridgehead atoms. The first-order valence-electron chi connectivity index (χ1n) is 6.84. The van der Waals surface area contributed by atoms with E-state index < -0.39 is 0 Å². The van der Waals surface area contributed by atoms with Crippen molar-refractivity contribution in [2.24, 2.45) is 5.73 Å². The lowest BCUT2D eigenvalue weighted by Gasteiger charge is -2.18. The van der Waals surface area contributed by atoms with Crippen molar-refractivity contribution in [1.29, 1.82) is 0 Å². The van der Waals surface area contributed by atoms with Crippen molar-refractivity contribution in [3.05, 3.63) is 29.8 Å².